The highest BCUT2D eigenvalue weighted by molar-refractivity contribution is 5.64. The number of ether oxygens (including phenoxy) is 1. The molecule has 0 atom stereocenters. The Hall–Kier alpha value is -1.35. The quantitative estimate of drug-likeness (QED) is 0.708. The Kier molecular flexibility index (Phi) is 1.56. The molecule has 2 fully saturated rings. The van der Waals surface area contributed by atoms with Gasteiger partial charge in [0, 0.05) is 19.5 Å². The standard InChI is InChI=1S/C13H14N2O/c1-2-10-4-11(5-14-12(10)3-1)15-6-13(7-15)8-16-9-13/h1-2,4-5H,3,6-9H2. The summed E-state index contributed by atoms with van der Waals surface area (Å²) in [6.07, 6.45) is 7.36. The number of hydrogen-bond donors (Lipinski definition) is 0. The molecule has 82 valence electrons. The van der Waals surface area contributed by atoms with Crippen LogP contribution in [0.5, 0.6) is 0 Å². The van der Waals surface area contributed by atoms with Gasteiger partial charge in [-0.2, -0.15) is 0 Å². The van der Waals surface area contributed by atoms with Crippen molar-refractivity contribution in [1.82, 2.24) is 4.98 Å². The van der Waals surface area contributed by atoms with E-state index in [-0.39, 0.29) is 0 Å². The van der Waals surface area contributed by atoms with Crippen molar-refractivity contribution in [3.05, 3.63) is 29.6 Å². The second-order valence-corrected chi connectivity index (χ2v) is 5.18. The van der Waals surface area contributed by atoms with Crippen molar-refractivity contribution >= 4 is 11.8 Å². The fraction of sp³-hybridized carbons (Fsp3) is 0.462. The maximum Gasteiger partial charge on any atom is 0.0579 e. The highest BCUT2D eigenvalue weighted by atomic mass is 16.5. The lowest BCUT2D eigenvalue weighted by Gasteiger charge is -2.55. The molecule has 3 heteroatoms. The second kappa shape index (κ2) is 2.86. The van der Waals surface area contributed by atoms with Gasteiger partial charge in [-0.1, -0.05) is 12.2 Å². The molecule has 3 heterocycles. The summed E-state index contributed by atoms with van der Waals surface area (Å²) in [5, 5.41) is 0. The minimum Gasteiger partial charge on any atom is -0.380 e. The first kappa shape index (κ1) is 8.76. The van der Waals surface area contributed by atoms with E-state index >= 15 is 0 Å². The summed E-state index contributed by atoms with van der Waals surface area (Å²) in [7, 11) is 0. The fourth-order valence-electron chi connectivity index (χ4n) is 2.80. The normalized spacial score (nSPS) is 24.1. The molecular weight excluding hydrogens is 200 g/mol. The van der Waals surface area contributed by atoms with Gasteiger partial charge in [-0.3, -0.25) is 4.98 Å². The van der Waals surface area contributed by atoms with Crippen LogP contribution in [0.15, 0.2) is 18.3 Å². The van der Waals surface area contributed by atoms with Gasteiger partial charge in [-0.05, 0) is 11.6 Å². The lowest BCUT2D eigenvalue weighted by atomic mass is 9.78. The van der Waals surface area contributed by atoms with Crippen LogP contribution in [-0.4, -0.2) is 31.3 Å². The average Bonchev–Trinajstić information content (AvgIpc) is 2.60. The Bertz CT molecular complexity index is 469. The Morgan fingerprint density at radius 3 is 2.94 bits per heavy atom. The van der Waals surface area contributed by atoms with Crippen LogP contribution in [0.2, 0.25) is 0 Å². The molecule has 1 aliphatic carbocycles. The summed E-state index contributed by atoms with van der Waals surface area (Å²) < 4.78 is 5.28. The number of allylic oxidation sites excluding steroid dienone is 1. The number of anilines is 1. The molecule has 1 spiro atoms. The third-order valence-corrected chi connectivity index (χ3v) is 3.83. The van der Waals surface area contributed by atoms with Gasteiger partial charge in [0.15, 0.2) is 0 Å². The Morgan fingerprint density at radius 1 is 1.31 bits per heavy atom. The molecule has 0 unspecified atom stereocenters. The largest absolute Gasteiger partial charge is 0.380 e. The third-order valence-electron chi connectivity index (χ3n) is 3.83. The first-order valence-electron chi connectivity index (χ1n) is 5.83. The summed E-state index contributed by atoms with van der Waals surface area (Å²) in [6, 6.07) is 2.26. The molecule has 3 nitrogen and oxygen atoms in total. The van der Waals surface area contributed by atoms with Gasteiger partial charge in [0.1, 0.15) is 0 Å². The van der Waals surface area contributed by atoms with E-state index in [1.165, 1.54) is 16.9 Å². The molecule has 1 aromatic heterocycles. The fourth-order valence-corrected chi connectivity index (χ4v) is 2.80. The molecule has 16 heavy (non-hydrogen) atoms. The number of nitrogens with zero attached hydrogens (tertiary/aromatic N) is 2. The van der Waals surface area contributed by atoms with Crippen LogP contribution >= 0.6 is 0 Å². The molecule has 4 rings (SSSR count). The number of pyridine rings is 1. The lowest BCUT2D eigenvalue weighted by Crippen LogP contribution is -2.66. The van der Waals surface area contributed by atoms with Crippen LogP contribution in [0.3, 0.4) is 0 Å². The van der Waals surface area contributed by atoms with Crippen LogP contribution in [-0.2, 0) is 11.2 Å². The molecule has 3 aliphatic rings. The summed E-state index contributed by atoms with van der Waals surface area (Å²) in [5.74, 6) is 0. The zero-order valence-electron chi connectivity index (χ0n) is 9.15. The molecular formula is C13H14N2O. The van der Waals surface area contributed by atoms with E-state index in [1.54, 1.807) is 0 Å². The van der Waals surface area contributed by atoms with Crippen LogP contribution in [0.1, 0.15) is 11.3 Å². The van der Waals surface area contributed by atoms with E-state index in [1.807, 2.05) is 6.20 Å². The van der Waals surface area contributed by atoms with Crippen LogP contribution in [0.4, 0.5) is 5.69 Å². The van der Waals surface area contributed by atoms with Crippen LogP contribution in [0, 0.1) is 5.41 Å². The maximum atomic E-state index is 5.28. The summed E-state index contributed by atoms with van der Waals surface area (Å²) >= 11 is 0. The maximum absolute atomic E-state index is 5.28. The molecule has 0 N–H and O–H groups in total. The monoisotopic (exact) mass is 214 g/mol. The molecule has 0 bridgehead atoms. The summed E-state index contributed by atoms with van der Waals surface area (Å²) in [5.41, 5.74) is 4.26. The van der Waals surface area contributed by atoms with Crippen molar-refractivity contribution in [2.24, 2.45) is 5.41 Å². The van der Waals surface area contributed by atoms with Crippen molar-refractivity contribution in [2.45, 2.75) is 6.42 Å². The SMILES string of the molecule is C1=Cc2cc(N3CC4(COC4)C3)cnc2C1. The van der Waals surface area contributed by atoms with E-state index in [4.69, 9.17) is 4.74 Å². The van der Waals surface area contributed by atoms with Crippen molar-refractivity contribution in [1.29, 1.82) is 0 Å². The van der Waals surface area contributed by atoms with Crippen molar-refractivity contribution in [3.8, 4) is 0 Å². The van der Waals surface area contributed by atoms with E-state index in [2.05, 4.69) is 28.1 Å². The predicted octanol–water partition coefficient (Wildman–Crippen LogP) is 1.49. The topological polar surface area (TPSA) is 25.4 Å². The highest BCUT2D eigenvalue weighted by Gasteiger charge is 2.49. The predicted molar refractivity (Wildman–Crippen MR) is 62.4 cm³/mol. The zero-order chi connectivity index (χ0) is 10.6. The number of fused-ring (bicyclic) bond motifs is 1. The first-order valence-corrected chi connectivity index (χ1v) is 5.83. The minimum atomic E-state index is 0.481. The summed E-state index contributed by atoms with van der Waals surface area (Å²) in [4.78, 5) is 6.92. The molecule has 0 aromatic carbocycles. The zero-order valence-corrected chi connectivity index (χ0v) is 9.15. The lowest BCUT2D eigenvalue weighted by molar-refractivity contribution is -0.127. The van der Waals surface area contributed by atoms with Gasteiger partial charge in [-0.15, -0.1) is 0 Å². The van der Waals surface area contributed by atoms with Gasteiger partial charge in [-0.25, -0.2) is 0 Å². The Labute approximate surface area is 94.7 Å². The first-order chi connectivity index (χ1) is 7.85. The van der Waals surface area contributed by atoms with Gasteiger partial charge < -0.3 is 9.64 Å². The minimum absolute atomic E-state index is 0.481. The van der Waals surface area contributed by atoms with Crippen molar-refractivity contribution in [3.63, 3.8) is 0 Å². The van der Waals surface area contributed by atoms with Crippen molar-refractivity contribution in [2.75, 3.05) is 31.2 Å². The highest BCUT2D eigenvalue weighted by Crippen LogP contribution is 2.40. The summed E-state index contributed by atoms with van der Waals surface area (Å²) in [6.45, 7) is 4.16. The van der Waals surface area contributed by atoms with E-state index in [0.29, 0.717) is 5.41 Å². The van der Waals surface area contributed by atoms with Crippen molar-refractivity contribution < 1.29 is 4.74 Å². The second-order valence-electron chi connectivity index (χ2n) is 5.18. The van der Waals surface area contributed by atoms with Gasteiger partial charge in [0.05, 0.1) is 36.2 Å². The smallest absolute Gasteiger partial charge is 0.0579 e. The molecule has 2 aliphatic heterocycles. The number of aromatic nitrogens is 1. The molecule has 0 amide bonds. The molecule has 2 saturated heterocycles. The van der Waals surface area contributed by atoms with E-state index < -0.39 is 0 Å². The number of rotatable bonds is 1. The average molecular weight is 214 g/mol. The Morgan fingerprint density at radius 2 is 2.19 bits per heavy atom. The van der Waals surface area contributed by atoms with Gasteiger partial charge >= 0.3 is 0 Å². The van der Waals surface area contributed by atoms with Gasteiger partial charge in [0.25, 0.3) is 0 Å². The van der Waals surface area contributed by atoms with E-state index in [9.17, 15) is 0 Å². The third kappa shape index (κ3) is 1.09. The number of hydrogen-bond acceptors (Lipinski definition) is 3. The molecule has 0 saturated carbocycles. The van der Waals surface area contributed by atoms with Gasteiger partial charge in [0.2, 0.25) is 0 Å². The Balaban J connectivity index is 1.58. The van der Waals surface area contributed by atoms with E-state index in [0.717, 1.165) is 32.7 Å². The van der Waals surface area contributed by atoms with Crippen LogP contribution in [0.25, 0.3) is 6.08 Å². The molecule has 1 aromatic rings. The molecule has 0 radical (unpaired) electrons. The van der Waals surface area contributed by atoms with Crippen LogP contribution < -0.4 is 4.90 Å².